The van der Waals surface area contributed by atoms with Crippen LogP contribution in [0.2, 0.25) is 0 Å². The van der Waals surface area contributed by atoms with E-state index in [-0.39, 0.29) is 29.4 Å². The number of carbonyl (C=O) groups excluding carboxylic acids is 2. The number of aromatic nitrogens is 1. The number of nitriles is 1. The minimum Gasteiger partial charge on any atom is -0.548 e. The highest BCUT2D eigenvalue weighted by Crippen LogP contribution is 2.38. The van der Waals surface area contributed by atoms with Crippen LogP contribution in [0.1, 0.15) is 50.4 Å². The molecular weight excluding hydrogens is 395 g/mol. The molecular formula is C18H19F3N3O3S-. The van der Waals surface area contributed by atoms with E-state index in [0.29, 0.717) is 18.2 Å². The summed E-state index contributed by atoms with van der Waals surface area (Å²) in [6.45, 7) is 5.31. The molecule has 1 aromatic heterocycles. The average Bonchev–Trinajstić information content (AvgIpc) is 3.07. The molecule has 1 atom stereocenters. The highest BCUT2D eigenvalue weighted by molar-refractivity contribution is 8.00. The fourth-order valence-electron chi connectivity index (χ4n) is 2.87. The van der Waals surface area contributed by atoms with Crippen molar-refractivity contribution in [2.24, 2.45) is 0 Å². The van der Waals surface area contributed by atoms with E-state index >= 15 is 0 Å². The van der Waals surface area contributed by atoms with Gasteiger partial charge in [-0.05, 0) is 18.9 Å². The Labute approximate surface area is 164 Å². The first-order chi connectivity index (χ1) is 12.9. The van der Waals surface area contributed by atoms with Crippen LogP contribution < -0.4 is 5.11 Å². The Bertz CT molecular complexity index is 828. The predicted molar refractivity (Wildman–Crippen MR) is 93.1 cm³/mol. The lowest BCUT2D eigenvalue weighted by atomic mass is 9.90. The third kappa shape index (κ3) is 4.76. The van der Waals surface area contributed by atoms with Gasteiger partial charge in [0.1, 0.15) is 11.1 Å². The Morgan fingerprint density at radius 2 is 2.04 bits per heavy atom. The molecule has 0 saturated carbocycles. The van der Waals surface area contributed by atoms with Gasteiger partial charge in [-0.15, -0.1) is 0 Å². The molecule has 0 N–H and O–H groups in total. The molecule has 1 aliphatic rings. The highest BCUT2D eigenvalue weighted by Gasteiger charge is 2.37. The molecule has 0 aromatic carbocycles. The van der Waals surface area contributed by atoms with E-state index in [0.717, 1.165) is 11.0 Å². The number of alkyl halides is 3. The molecule has 1 fully saturated rings. The van der Waals surface area contributed by atoms with Gasteiger partial charge in [-0.1, -0.05) is 32.5 Å². The third-order valence-corrected chi connectivity index (χ3v) is 5.31. The van der Waals surface area contributed by atoms with E-state index in [4.69, 9.17) is 0 Å². The van der Waals surface area contributed by atoms with E-state index in [1.165, 1.54) is 6.07 Å². The summed E-state index contributed by atoms with van der Waals surface area (Å²) in [7, 11) is 0. The van der Waals surface area contributed by atoms with Gasteiger partial charge in [0, 0.05) is 17.7 Å². The number of carbonyl (C=O) groups is 2. The predicted octanol–water partition coefficient (Wildman–Crippen LogP) is 2.10. The van der Waals surface area contributed by atoms with Crippen molar-refractivity contribution in [1.82, 2.24) is 9.88 Å². The van der Waals surface area contributed by atoms with E-state index in [2.05, 4.69) is 4.98 Å². The molecule has 0 radical (unpaired) electrons. The molecule has 1 saturated heterocycles. The molecule has 6 nitrogen and oxygen atoms in total. The number of rotatable bonds is 4. The number of hydrogen-bond donors (Lipinski definition) is 0. The van der Waals surface area contributed by atoms with Crippen LogP contribution in [0, 0.1) is 11.3 Å². The van der Waals surface area contributed by atoms with E-state index in [1.54, 1.807) is 20.8 Å². The van der Waals surface area contributed by atoms with Gasteiger partial charge in [0.2, 0.25) is 5.91 Å². The SMILES string of the molecule is CC(C)(C)c1cc(C(F)(F)F)c(C#N)c(SCC(=O)N2CCC[C@@H]2C(=O)[O-])n1. The standard InChI is InChI=1S/C18H20F3N3O3S/c1-17(2,3)13-7-11(18(19,20)21)10(8-22)15(23-13)28-9-14(25)24-6-4-5-12(24)16(26)27/h7,12H,4-6,9H2,1-3H3,(H,26,27)/p-1/t12-/m1/s1. The number of amides is 1. The number of halogens is 3. The lowest BCUT2D eigenvalue weighted by Crippen LogP contribution is -2.47. The van der Waals surface area contributed by atoms with E-state index in [9.17, 15) is 33.1 Å². The number of aliphatic carboxylic acids is 1. The molecule has 0 unspecified atom stereocenters. The Balaban J connectivity index is 2.35. The Kier molecular flexibility index (Phi) is 6.28. The van der Waals surface area contributed by atoms with Crippen LogP contribution in [0.4, 0.5) is 13.2 Å². The third-order valence-electron chi connectivity index (χ3n) is 4.35. The van der Waals surface area contributed by atoms with Crippen molar-refractivity contribution in [1.29, 1.82) is 5.26 Å². The first-order valence-electron chi connectivity index (χ1n) is 8.52. The number of pyridine rings is 1. The largest absolute Gasteiger partial charge is 0.548 e. The van der Waals surface area contributed by atoms with Crippen LogP contribution in [0.5, 0.6) is 0 Å². The molecule has 2 rings (SSSR count). The minimum absolute atomic E-state index is 0.141. The summed E-state index contributed by atoms with van der Waals surface area (Å²) in [5, 5.41) is 20.2. The van der Waals surface area contributed by atoms with Gasteiger partial charge in [0.05, 0.1) is 28.9 Å². The average molecular weight is 414 g/mol. The second-order valence-corrected chi connectivity index (χ2v) is 8.41. The quantitative estimate of drug-likeness (QED) is 0.700. The summed E-state index contributed by atoms with van der Waals surface area (Å²) in [6, 6.07) is 1.36. The summed E-state index contributed by atoms with van der Waals surface area (Å²) in [4.78, 5) is 28.8. The maximum atomic E-state index is 13.4. The fourth-order valence-corrected chi connectivity index (χ4v) is 3.75. The fraction of sp³-hybridized carbons (Fsp3) is 0.556. The number of nitrogens with zero attached hydrogens (tertiary/aromatic N) is 3. The second kappa shape index (κ2) is 7.99. The molecule has 1 aliphatic heterocycles. The summed E-state index contributed by atoms with van der Waals surface area (Å²) >= 11 is 0.703. The summed E-state index contributed by atoms with van der Waals surface area (Å²) in [5.41, 5.74) is -2.31. The molecule has 0 bridgehead atoms. The van der Waals surface area contributed by atoms with Crippen LogP contribution in [-0.4, -0.2) is 40.1 Å². The van der Waals surface area contributed by atoms with Crippen LogP contribution in [0.25, 0.3) is 0 Å². The number of thioether (sulfide) groups is 1. The second-order valence-electron chi connectivity index (χ2n) is 7.45. The Morgan fingerprint density at radius 3 is 2.54 bits per heavy atom. The summed E-state index contributed by atoms with van der Waals surface area (Å²) in [6.07, 6.45) is -3.96. The zero-order chi connectivity index (χ0) is 21.3. The number of hydrogen-bond acceptors (Lipinski definition) is 6. The van der Waals surface area contributed by atoms with Crippen LogP contribution in [0.3, 0.4) is 0 Å². The van der Waals surface area contributed by atoms with Crippen molar-refractivity contribution in [3.05, 3.63) is 22.9 Å². The van der Waals surface area contributed by atoms with Gasteiger partial charge in [-0.3, -0.25) is 4.79 Å². The van der Waals surface area contributed by atoms with Crippen molar-refractivity contribution in [3.63, 3.8) is 0 Å². The first-order valence-corrected chi connectivity index (χ1v) is 9.50. The highest BCUT2D eigenvalue weighted by atomic mass is 32.2. The van der Waals surface area contributed by atoms with Crippen molar-refractivity contribution in [3.8, 4) is 6.07 Å². The van der Waals surface area contributed by atoms with Gasteiger partial charge in [-0.25, -0.2) is 4.98 Å². The van der Waals surface area contributed by atoms with Gasteiger partial charge >= 0.3 is 6.18 Å². The maximum absolute atomic E-state index is 13.4. The monoisotopic (exact) mass is 414 g/mol. The smallest absolute Gasteiger partial charge is 0.417 e. The molecule has 28 heavy (non-hydrogen) atoms. The van der Waals surface area contributed by atoms with Crippen molar-refractivity contribution < 1.29 is 27.9 Å². The van der Waals surface area contributed by atoms with Gasteiger partial charge in [0.15, 0.2) is 0 Å². The Morgan fingerprint density at radius 1 is 1.39 bits per heavy atom. The number of likely N-dealkylation sites (tertiary alicyclic amines) is 1. The summed E-state index contributed by atoms with van der Waals surface area (Å²) in [5.74, 6) is -2.23. The van der Waals surface area contributed by atoms with Crippen molar-refractivity contribution in [2.45, 2.75) is 56.3 Å². The topological polar surface area (TPSA) is 97.1 Å². The maximum Gasteiger partial charge on any atom is 0.417 e. The first kappa shape index (κ1) is 22.0. The van der Waals surface area contributed by atoms with Crippen LogP contribution in [-0.2, 0) is 21.2 Å². The summed E-state index contributed by atoms with van der Waals surface area (Å²) < 4.78 is 40.3. The molecule has 1 amide bonds. The molecule has 0 aliphatic carbocycles. The molecule has 152 valence electrons. The van der Waals surface area contributed by atoms with Crippen molar-refractivity contribution in [2.75, 3.05) is 12.3 Å². The number of carboxylic acid groups (broad SMARTS) is 1. The van der Waals surface area contributed by atoms with Crippen LogP contribution >= 0.6 is 11.8 Å². The van der Waals surface area contributed by atoms with E-state index < -0.39 is 40.6 Å². The normalized spacial score (nSPS) is 17.5. The van der Waals surface area contributed by atoms with E-state index in [1.807, 2.05) is 0 Å². The number of carboxylic acids is 1. The lowest BCUT2D eigenvalue weighted by Gasteiger charge is -2.25. The zero-order valence-electron chi connectivity index (χ0n) is 15.6. The minimum atomic E-state index is -4.75. The molecule has 0 spiro atoms. The molecule has 1 aromatic rings. The van der Waals surface area contributed by atoms with Gasteiger partial charge in [-0.2, -0.15) is 18.4 Å². The van der Waals surface area contributed by atoms with Gasteiger partial charge < -0.3 is 14.8 Å². The van der Waals surface area contributed by atoms with Crippen LogP contribution in [0.15, 0.2) is 11.1 Å². The zero-order valence-corrected chi connectivity index (χ0v) is 16.4. The molecule has 10 heteroatoms. The van der Waals surface area contributed by atoms with Gasteiger partial charge in [0.25, 0.3) is 0 Å². The van der Waals surface area contributed by atoms with Crippen molar-refractivity contribution >= 4 is 23.6 Å². The molecule has 2 heterocycles. The Hall–Kier alpha value is -2.28. The lowest BCUT2D eigenvalue weighted by molar-refractivity contribution is -0.310.